The summed E-state index contributed by atoms with van der Waals surface area (Å²) in [5.74, 6) is 0.276. The van der Waals surface area contributed by atoms with E-state index in [-0.39, 0.29) is 17.4 Å². The van der Waals surface area contributed by atoms with Crippen LogP contribution in [0.25, 0.3) is 11.2 Å². The number of hydrogen-bond donors (Lipinski definition) is 4. The van der Waals surface area contributed by atoms with E-state index in [2.05, 4.69) is 20.3 Å². The second-order valence-corrected chi connectivity index (χ2v) is 3.15. The highest BCUT2D eigenvalue weighted by molar-refractivity contribution is 6.35. The van der Waals surface area contributed by atoms with E-state index in [4.69, 9.17) is 22.4 Å². The first kappa shape index (κ1) is 9.53. The number of nitrogens with one attached hydrogen (secondary N) is 2. The van der Waals surface area contributed by atoms with Crippen LogP contribution in [0.5, 0.6) is 0 Å². The average molecular weight is 228 g/mol. The summed E-state index contributed by atoms with van der Waals surface area (Å²) in [6.07, 6.45) is -1.22. The average Bonchev–Trinajstić information content (AvgIpc) is 2.44. The predicted octanol–water partition coefficient (Wildman–Crippen LogP) is 1.28. The number of hydrogen-bond acceptors (Lipinski definition) is 4. The molecule has 0 fully saturated rings. The number of halogens is 1. The smallest absolute Gasteiger partial charge is 0.410 e. The fourth-order valence-corrected chi connectivity index (χ4v) is 1.38. The minimum Gasteiger partial charge on any atom is -0.465 e. The van der Waals surface area contributed by atoms with Crippen molar-refractivity contribution in [3.05, 3.63) is 11.1 Å². The molecule has 0 spiro atoms. The number of amides is 1. The third-order valence-corrected chi connectivity index (χ3v) is 1.96. The summed E-state index contributed by atoms with van der Waals surface area (Å²) in [5.41, 5.74) is 6.15. The van der Waals surface area contributed by atoms with Gasteiger partial charge in [0, 0.05) is 6.07 Å². The number of aromatic nitrogens is 3. The summed E-state index contributed by atoms with van der Waals surface area (Å²) in [6, 6.07) is 1.37. The van der Waals surface area contributed by atoms with Crippen LogP contribution < -0.4 is 11.1 Å². The van der Waals surface area contributed by atoms with Crippen LogP contribution in [0.15, 0.2) is 6.07 Å². The van der Waals surface area contributed by atoms with E-state index in [0.29, 0.717) is 10.5 Å². The first-order valence-corrected chi connectivity index (χ1v) is 4.26. The van der Waals surface area contributed by atoms with Gasteiger partial charge in [0.05, 0.1) is 5.02 Å². The highest BCUT2D eigenvalue weighted by Crippen LogP contribution is 2.23. The molecule has 1 amide bonds. The Morgan fingerprint density at radius 3 is 3.00 bits per heavy atom. The van der Waals surface area contributed by atoms with Gasteiger partial charge in [-0.05, 0) is 0 Å². The van der Waals surface area contributed by atoms with Crippen molar-refractivity contribution < 1.29 is 9.90 Å². The number of carboxylic acid groups (broad SMARTS) is 1. The minimum atomic E-state index is -1.22. The Balaban J connectivity index is 2.56. The topological polar surface area (TPSA) is 117 Å². The Bertz CT molecular complexity index is 537. The minimum absolute atomic E-state index is 0.103. The number of carbonyl (C=O) groups is 1. The van der Waals surface area contributed by atoms with E-state index < -0.39 is 6.09 Å². The quantitative estimate of drug-likeness (QED) is 0.586. The number of nitrogen functional groups attached to an aromatic ring is 1. The van der Waals surface area contributed by atoms with Crippen molar-refractivity contribution >= 4 is 40.6 Å². The molecular weight excluding hydrogens is 222 g/mol. The molecule has 0 radical (unpaired) electrons. The molecule has 0 aliphatic heterocycles. The summed E-state index contributed by atoms with van der Waals surface area (Å²) < 4.78 is 0. The lowest BCUT2D eigenvalue weighted by Crippen LogP contribution is -2.08. The molecule has 8 heteroatoms. The molecule has 0 unspecified atom stereocenters. The zero-order chi connectivity index (χ0) is 11.0. The van der Waals surface area contributed by atoms with E-state index in [1.165, 1.54) is 6.07 Å². The van der Waals surface area contributed by atoms with Crippen LogP contribution in [-0.2, 0) is 0 Å². The molecule has 2 aromatic rings. The second kappa shape index (κ2) is 3.28. The lowest BCUT2D eigenvalue weighted by molar-refractivity contribution is 0.209. The summed E-state index contributed by atoms with van der Waals surface area (Å²) in [7, 11) is 0. The summed E-state index contributed by atoms with van der Waals surface area (Å²) in [6.45, 7) is 0. The molecule has 0 aliphatic carbocycles. The fourth-order valence-electron chi connectivity index (χ4n) is 1.14. The van der Waals surface area contributed by atoms with Gasteiger partial charge in [-0.2, -0.15) is 4.98 Å². The van der Waals surface area contributed by atoms with Gasteiger partial charge >= 0.3 is 6.09 Å². The Morgan fingerprint density at radius 2 is 2.33 bits per heavy atom. The van der Waals surface area contributed by atoms with Crippen molar-refractivity contribution in [1.29, 1.82) is 0 Å². The van der Waals surface area contributed by atoms with Gasteiger partial charge in [0.1, 0.15) is 11.3 Å². The van der Waals surface area contributed by atoms with Crippen molar-refractivity contribution in [2.75, 3.05) is 11.1 Å². The summed E-state index contributed by atoms with van der Waals surface area (Å²) in [4.78, 5) is 20.8. The third kappa shape index (κ3) is 1.77. The van der Waals surface area contributed by atoms with Crippen LogP contribution in [0.1, 0.15) is 0 Å². The van der Waals surface area contributed by atoms with Crippen molar-refractivity contribution in [2.24, 2.45) is 0 Å². The standard InChI is InChI=1S/C7H6ClN5O2/c8-2-1-3(11-7(14)15)10-5-4(2)12-6(9)13-5/h1H,(H,14,15)(H4,9,10,11,12,13). The first-order valence-electron chi connectivity index (χ1n) is 3.88. The highest BCUT2D eigenvalue weighted by Gasteiger charge is 2.09. The van der Waals surface area contributed by atoms with Crippen LogP contribution >= 0.6 is 11.6 Å². The molecule has 2 rings (SSSR count). The number of anilines is 2. The molecule has 2 heterocycles. The number of pyridine rings is 1. The summed E-state index contributed by atoms with van der Waals surface area (Å²) >= 11 is 5.86. The van der Waals surface area contributed by atoms with E-state index in [9.17, 15) is 4.79 Å². The van der Waals surface area contributed by atoms with Gasteiger partial charge in [-0.3, -0.25) is 5.32 Å². The molecule has 5 N–H and O–H groups in total. The monoisotopic (exact) mass is 227 g/mol. The number of imidazole rings is 1. The molecule has 15 heavy (non-hydrogen) atoms. The van der Waals surface area contributed by atoms with Gasteiger partial charge in [-0.1, -0.05) is 11.6 Å². The number of nitrogens with two attached hydrogens (primary N) is 1. The van der Waals surface area contributed by atoms with E-state index in [1.807, 2.05) is 0 Å². The molecule has 2 aromatic heterocycles. The molecule has 0 saturated heterocycles. The van der Waals surface area contributed by atoms with Crippen LogP contribution in [-0.4, -0.2) is 26.2 Å². The number of nitrogens with zero attached hydrogens (tertiary/aromatic N) is 2. The number of fused-ring (bicyclic) bond motifs is 1. The van der Waals surface area contributed by atoms with E-state index in [0.717, 1.165) is 0 Å². The normalized spacial score (nSPS) is 10.5. The predicted molar refractivity (Wildman–Crippen MR) is 55.0 cm³/mol. The van der Waals surface area contributed by atoms with Crippen molar-refractivity contribution in [1.82, 2.24) is 15.0 Å². The first-order chi connectivity index (χ1) is 7.06. The number of rotatable bonds is 1. The Labute approximate surface area is 88.3 Å². The molecule has 78 valence electrons. The van der Waals surface area contributed by atoms with Crippen molar-refractivity contribution in [2.45, 2.75) is 0 Å². The SMILES string of the molecule is Nc1nc2nc(NC(=O)O)cc(Cl)c2[nH]1. The van der Waals surface area contributed by atoms with Crippen molar-refractivity contribution in [3.8, 4) is 0 Å². The maximum atomic E-state index is 10.4. The Hall–Kier alpha value is -2.02. The van der Waals surface area contributed by atoms with Crippen molar-refractivity contribution in [3.63, 3.8) is 0 Å². The lowest BCUT2D eigenvalue weighted by atomic mass is 10.4. The van der Waals surface area contributed by atoms with Crippen LogP contribution in [0.3, 0.4) is 0 Å². The zero-order valence-electron chi connectivity index (χ0n) is 7.28. The zero-order valence-corrected chi connectivity index (χ0v) is 8.04. The molecule has 0 aliphatic rings. The van der Waals surface area contributed by atoms with Crippen LogP contribution in [0, 0.1) is 0 Å². The van der Waals surface area contributed by atoms with Gasteiger partial charge in [-0.15, -0.1) is 0 Å². The number of H-pyrrole nitrogens is 1. The van der Waals surface area contributed by atoms with Crippen LogP contribution in [0.2, 0.25) is 5.02 Å². The van der Waals surface area contributed by atoms with E-state index >= 15 is 0 Å². The van der Waals surface area contributed by atoms with Gasteiger partial charge in [0.25, 0.3) is 0 Å². The Morgan fingerprint density at radius 1 is 1.60 bits per heavy atom. The molecule has 7 nitrogen and oxygen atoms in total. The van der Waals surface area contributed by atoms with Gasteiger partial charge < -0.3 is 15.8 Å². The van der Waals surface area contributed by atoms with Gasteiger partial charge in [0.15, 0.2) is 11.6 Å². The lowest BCUT2D eigenvalue weighted by Gasteiger charge is -1.99. The molecule has 0 aromatic carbocycles. The maximum Gasteiger partial charge on any atom is 0.410 e. The van der Waals surface area contributed by atoms with E-state index in [1.54, 1.807) is 0 Å². The molecule has 0 bridgehead atoms. The largest absolute Gasteiger partial charge is 0.465 e. The van der Waals surface area contributed by atoms with Gasteiger partial charge in [-0.25, -0.2) is 9.78 Å². The summed E-state index contributed by atoms with van der Waals surface area (Å²) in [5, 5.41) is 10.9. The highest BCUT2D eigenvalue weighted by atomic mass is 35.5. The van der Waals surface area contributed by atoms with Gasteiger partial charge in [0.2, 0.25) is 0 Å². The Kier molecular flexibility index (Phi) is 2.09. The maximum absolute atomic E-state index is 10.4. The number of aromatic amines is 1. The molecule has 0 saturated carbocycles. The molecular formula is C7H6ClN5O2. The molecule has 0 atom stereocenters. The fraction of sp³-hybridized carbons (Fsp3) is 0. The second-order valence-electron chi connectivity index (χ2n) is 2.74. The third-order valence-electron chi connectivity index (χ3n) is 1.67. The van der Waals surface area contributed by atoms with Crippen LogP contribution in [0.4, 0.5) is 16.6 Å².